The van der Waals surface area contributed by atoms with Crippen LogP contribution in [0.1, 0.15) is 27.7 Å². The molecule has 0 bridgehead atoms. The number of nitrogens with two attached hydrogens (primary N) is 1. The molecule has 0 saturated carbocycles. The van der Waals surface area contributed by atoms with Crippen LogP contribution < -0.4 is 5.73 Å². The van der Waals surface area contributed by atoms with Crippen molar-refractivity contribution in [2.75, 3.05) is 0 Å². The van der Waals surface area contributed by atoms with Gasteiger partial charge in [-0.1, -0.05) is 20.8 Å². The molecule has 0 spiro atoms. The lowest BCUT2D eigenvalue weighted by atomic mass is 9.92. The van der Waals surface area contributed by atoms with E-state index in [1.165, 1.54) is 6.34 Å². The van der Waals surface area contributed by atoms with Crippen LogP contribution in [-0.4, -0.2) is 12.4 Å². The molecule has 0 amide bonds. The fourth-order valence-corrected chi connectivity index (χ4v) is 0.829. The van der Waals surface area contributed by atoms with Crippen LogP contribution in [0.5, 0.6) is 0 Å². The van der Waals surface area contributed by atoms with Gasteiger partial charge in [0.15, 0.2) is 0 Å². The third-order valence-electron chi connectivity index (χ3n) is 2.13. The number of hydrogen-bond donors (Lipinski definition) is 1. The first-order valence-corrected chi connectivity index (χ1v) is 3.83. The second-order valence-corrected chi connectivity index (χ2v) is 3.14. The molecule has 0 rings (SSSR count). The van der Waals surface area contributed by atoms with Crippen molar-refractivity contribution >= 4 is 6.34 Å². The van der Waals surface area contributed by atoms with E-state index in [1.54, 1.807) is 0 Å². The Bertz CT molecular complexity index is 108. The van der Waals surface area contributed by atoms with Crippen LogP contribution in [0.4, 0.5) is 0 Å². The minimum Gasteiger partial charge on any atom is -0.390 e. The Hall–Kier alpha value is -0.530. The minimum absolute atomic E-state index is 0.352. The Morgan fingerprint density at radius 2 is 1.70 bits per heavy atom. The zero-order valence-corrected chi connectivity index (χ0v) is 7.33. The highest BCUT2D eigenvalue weighted by molar-refractivity contribution is 5.51. The summed E-state index contributed by atoms with van der Waals surface area (Å²) in [7, 11) is 0. The quantitative estimate of drug-likeness (QED) is 0.472. The van der Waals surface area contributed by atoms with Crippen molar-refractivity contribution in [3.8, 4) is 0 Å². The first-order valence-electron chi connectivity index (χ1n) is 3.83. The fraction of sp³-hybridized carbons (Fsp3) is 0.875. The lowest BCUT2D eigenvalue weighted by Crippen LogP contribution is -2.18. The summed E-state index contributed by atoms with van der Waals surface area (Å²) in [6, 6.07) is 0.352. The Balaban J connectivity index is 3.81. The molecule has 0 aromatic heterocycles. The average molecular weight is 142 g/mol. The molecule has 0 radical (unpaired) electrons. The second kappa shape index (κ2) is 4.31. The topological polar surface area (TPSA) is 38.4 Å². The van der Waals surface area contributed by atoms with Gasteiger partial charge in [0.05, 0.1) is 12.4 Å². The molecule has 2 nitrogen and oxygen atoms in total. The van der Waals surface area contributed by atoms with Gasteiger partial charge in [-0.2, -0.15) is 0 Å². The summed E-state index contributed by atoms with van der Waals surface area (Å²) in [5.74, 6) is 1.29. The van der Waals surface area contributed by atoms with E-state index < -0.39 is 0 Å². The molecule has 0 aromatic carbocycles. The lowest BCUT2D eigenvalue weighted by Gasteiger charge is -2.19. The third kappa shape index (κ3) is 2.85. The molecule has 0 aliphatic carbocycles. The van der Waals surface area contributed by atoms with Gasteiger partial charge in [0.2, 0.25) is 0 Å². The summed E-state index contributed by atoms with van der Waals surface area (Å²) < 4.78 is 0. The highest BCUT2D eigenvalue weighted by atomic mass is 14.8. The van der Waals surface area contributed by atoms with Gasteiger partial charge in [-0.3, -0.25) is 4.99 Å². The van der Waals surface area contributed by atoms with Gasteiger partial charge in [-0.15, -0.1) is 0 Å². The fourth-order valence-electron chi connectivity index (χ4n) is 0.829. The van der Waals surface area contributed by atoms with E-state index >= 15 is 0 Å². The Labute approximate surface area is 63.5 Å². The van der Waals surface area contributed by atoms with Crippen LogP contribution in [-0.2, 0) is 0 Å². The normalized spacial score (nSPS) is 18.1. The Morgan fingerprint density at radius 1 is 1.20 bits per heavy atom. The first-order chi connectivity index (χ1) is 4.59. The molecule has 0 aliphatic heterocycles. The van der Waals surface area contributed by atoms with Gasteiger partial charge in [-0.25, -0.2) is 0 Å². The van der Waals surface area contributed by atoms with Crippen LogP contribution in [0.2, 0.25) is 0 Å². The molecule has 1 unspecified atom stereocenters. The Kier molecular flexibility index (Phi) is 4.08. The largest absolute Gasteiger partial charge is 0.390 e. The molecule has 0 aromatic rings. The number of rotatable bonds is 3. The second-order valence-electron chi connectivity index (χ2n) is 3.14. The predicted octanol–water partition coefficient (Wildman–Crippen LogP) is 1.65. The van der Waals surface area contributed by atoms with Crippen molar-refractivity contribution in [2.24, 2.45) is 22.6 Å². The van der Waals surface area contributed by atoms with E-state index in [2.05, 4.69) is 32.7 Å². The van der Waals surface area contributed by atoms with E-state index in [9.17, 15) is 0 Å². The maximum Gasteiger partial charge on any atom is 0.0801 e. The van der Waals surface area contributed by atoms with Crippen LogP contribution >= 0.6 is 0 Å². The summed E-state index contributed by atoms with van der Waals surface area (Å²) in [6.45, 7) is 8.69. The predicted molar refractivity (Wildman–Crippen MR) is 46.1 cm³/mol. The Morgan fingerprint density at radius 3 is 2.00 bits per heavy atom. The lowest BCUT2D eigenvalue weighted by molar-refractivity contribution is 0.364. The summed E-state index contributed by atoms with van der Waals surface area (Å²) in [6.07, 6.45) is 1.39. The van der Waals surface area contributed by atoms with Gasteiger partial charge in [-0.05, 0) is 18.8 Å². The van der Waals surface area contributed by atoms with Crippen LogP contribution in [0.25, 0.3) is 0 Å². The monoisotopic (exact) mass is 142 g/mol. The average Bonchev–Trinajstić information content (AvgIpc) is 1.87. The third-order valence-corrected chi connectivity index (χ3v) is 2.13. The van der Waals surface area contributed by atoms with Crippen LogP contribution in [0.15, 0.2) is 4.99 Å². The van der Waals surface area contributed by atoms with E-state index in [0.29, 0.717) is 17.9 Å². The van der Waals surface area contributed by atoms with E-state index in [1.807, 2.05) is 0 Å². The maximum atomic E-state index is 5.18. The summed E-state index contributed by atoms with van der Waals surface area (Å²) >= 11 is 0. The maximum absolute atomic E-state index is 5.18. The molecule has 2 heteroatoms. The molecule has 0 saturated heterocycles. The highest BCUT2D eigenvalue weighted by Gasteiger charge is 2.13. The summed E-state index contributed by atoms with van der Waals surface area (Å²) in [5, 5.41) is 0. The molecular formula is C8H18N2. The van der Waals surface area contributed by atoms with Gasteiger partial charge in [0.25, 0.3) is 0 Å². The zero-order valence-electron chi connectivity index (χ0n) is 7.33. The van der Waals surface area contributed by atoms with E-state index in [4.69, 9.17) is 5.73 Å². The summed E-state index contributed by atoms with van der Waals surface area (Å²) in [5.41, 5.74) is 5.18. The van der Waals surface area contributed by atoms with Crippen molar-refractivity contribution in [3.63, 3.8) is 0 Å². The van der Waals surface area contributed by atoms with Crippen LogP contribution in [0, 0.1) is 11.8 Å². The smallest absolute Gasteiger partial charge is 0.0801 e. The molecule has 0 fully saturated rings. The molecule has 10 heavy (non-hydrogen) atoms. The van der Waals surface area contributed by atoms with Crippen molar-refractivity contribution in [1.82, 2.24) is 0 Å². The van der Waals surface area contributed by atoms with Gasteiger partial charge < -0.3 is 5.73 Å². The molecule has 2 N–H and O–H groups in total. The van der Waals surface area contributed by atoms with E-state index in [0.717, 1.165) is 0 Å². The molecule has 2 atom stereocenters. The number of nitrogens with zero attached hydrogens (tertiary/aromatic N) is 1. The van der Waals surface area contributed by atoms with Crippen molar-refractivity contribution in [3.05, 3.63) is 0 Å². The van der Waals surface area contributed by atoms with Gasteiger partial charge >= 0.3 is 0 Å². The molecule has 0 heterocycles. The van der Waals surface area contributed by atoms with Crippen molar-refractivity contribution < 1.29 is 0 Å². The molecular weight excluding hydrogens is 124 g/mol. The van der Waals surface area contributed by atoms with Crippen LogP contribution in [0.3, 0.4) is 0 Å². The minimum atomic E-state index is 0.352. The highest BCUT2D eigenvalue weighted by Crippen LogP contribution is 2.15. The SMILES string of the molecule is CC(C)[C@@H](C)C(C)N=CN. The van der Waals surface area contributed by atoms with Crippen molar-refractivity contribution in [1.29, 1.82) is 0 Å². The molecule has 0 aliphatic rings. The standard InChI is InChI=1S/C8H18N2/c1-6(2)7(3)8(4)10-5-9/h5-8H,1-4H3,(H2,9,10)/t7-,8?/m1/s1. The first kappa shape index (κ1) is 9.47. The van der Waals surface area contributed by atoms with Crippen molar-refractivity contribution in [2.45, 2.75) is 33.7 Å². The zero-order chi connectivity index (χ0) is 8.15. The van der Waals surface area contributed by atoms with Gasteiger partial charge in [0, 0.05) is 0 Å². The van der Waals surface area contributed by atoms with E-state index in [-0.39, 0.29) is 0 Å². The molecule has 60 valence electrons. The van der Waals surface area contributed by atoms with Gasteiger partial charge in [0.1, 0.15) is 0 Å². The number of aliphatic imine (C=N–C) groups is 1. The summed E-state index contributed by atoms with van der Waals surface area (Å²) in [4.78, 5) is 4.10. The number of hydrogen-bond acceptors (Lipinski definition) is 1.